The fourth-order valence-corrected chi connectivity index (χ4v) is 3.27. The minimum Gasteiger partial charge on any atom is -0.466 e. The highest BCUT2D eigenvalue weighted by Crippen LogP contribution is 2.23. The Morgan fingerprint density at radius 1 is 1.15 bits per heavy atom. The van der Waals surface area contributed by atoms with Gasteiger partial charge in [0, 0.05) is 31.6 Å². The Labute approximate surface area is 155 Å². The number of hydrogen-bond acceptors (Lipinski definition) is 5. The molecule has 2 aromatic heterocycles. The number of furan rings is 1. The normalized spacial score (nSPS) is 16.7. The number of carbonyl (C=O) groups excluding carboxylic acids is 1. The SMILES string of the molecule is Cc1cc(C(=O)N2CCCN(Cc3ncc(C(C)(C)C)o3)CC2)c(C)o1. The van der Waals surface area contributed by atoms with E-state index in [4.69, 9.17) is 8.83 Å². The van der Waals surface area contributed by atoms with Crippen LogP contribution in [0.25, 0.3) is 0 Å². The minimum atomic E-state index is -0.0339. The van der Waals surface area contributed by atoms with Gasteiger partial charge in [-0.15, -0.1) is 0 Å². The van der Waals surface area contributed by atoms with Crippen molar-refractivity contribution in [2.24, 2.45) is 0 Å². The van der Waals surface area contributed by atoms with Gasteiger partial charge in [-0.3, -0.25) is 9.69 Å². The lowest BCUT2D eigenvalue weighted by atomic mass is 9.94. The maximum absolute atomic E-state index is 12.8. The number of aryl methyl sites for hydroxylation is 2. The largest absolute Gasteiger partial charge is 0.466 e. The molecule has 0 aliphatic carbocycles. The molecular formula is C20H29N3O3. The maximum atomic E-state index is 12.8. The molecule has 3 heterocycles. The van der Waals surface area contributed by atoms with Crippen molar-refractivity contribution in [3.8, 4) is 0 Å². The van der Waals surface area contributed by atoms with Crippen molar-refractivity contribution in [1.29, 1.82) is 0 Å². The summed E-state index contributed by atoms with van der Waals surface area (Å²) in [6.45, 7) is 14.0. The summed E-state index contributed by atoms with van der Waals surface area (Å²) in [6, 6.07) is 1.83. The van der Waals surface area contributed by atoms with Gasteiger partial charge in [0.15, 0.2) is 0 Å². The van der Waals surface area contributed by atoms with Crippen LogP contribution in [0.1, 0.15) is 60.7 Å². The molecule has 3 rings (SSSR count). The molecule has 1 fully saturated rings. The summed E-state index contributed by atoms with van der Waals surface area (Å²) in [4.78, 5) is 21.4. The first-order valence-corrected chi connectivity index (χ1v) is 9.28. The van der Waals surface area contributed by atoms with Gasteiger partial charge in [0.2, 0.25) is 5.89 Å². The molecule has 6 nitrogen and oxygen atoms in total. The van der Waals surface area contributed by atoms with Crippen molar-refractivity contribution in [3.63, 3.8) is 0 Å². The van der Waals surface area contributed by atoms with Crippen LogP contribution in [0.2, 0.25) is 0 Å². The Morgan fingerprint density at radius 2 is 1.92 bits per heavy atom. The van der Waals surface area contributed by atoms with Crippen molar-refractivity contribution in [2.75, 3.05) is 26.2 Å². The van der Waals surface area contributed by atoms with E-state index < -0.39 is 0 Å². The zero-order valence-corrected chi connectivity index (χ0v) is 16.5. The molecule has 0 bridgehead atoms. The Morgan fingerprint density at radius 3 is 2.54 bits per heavy atom. The molecule has 142 valence electrons. The van der Waals surface area contributed by atoms with Crippen molar-refractivity contribution in [3.05, 3.63) is 41.0 Å². The fraction of sp³-hybridized carbons (Fsp3) is 0.600. The van der Waals surface area contributed by atoms with Crippen LogP contribution in [0.5, 0.6) is 0 Å². The third-order valence-corrected chi connectivity index (χ3v) is 4.80. The number of carbonyl (C=O) groups is 1. The molecule has 0 radical (unpaired) electrons. The summed E-state index contributed by atoms with van der Waals surface area (Å²) in [5.41, 5.74) is 0.645. The Hall–Kier alpha value is -2.08. The number of oxazole rings is 1. The molecule has 0 unspecified atom stereocenters. The minimum absolute atomic E-state index is 0.0339. The topological polar surface area (TPSA) is 62.7 Å². The first-order chi connectivity index (χ1) is 12.2. The second-order valence-corrected chi connectivity index (χ2v) is 8.12. The summed E-state index contributed by atoms with van der Waals surface area (Å²) in [5, 5.41) is 0. The van der Waals surface area contributed by atoms with E-state index in [1.807, 2.05) is 31.0 Å². The van der Waals surface area contributed by atoms with Crippen LogP contribution in [-0.4, -0.2) is 46.9 Å². The fourth-order valence-electron chi connectivity index (χ4n) is 3.27. The Bertz CT molecular complexity index is 770. The van der Waals surface area contributed by atoms with Crippen LogP contribution < -0.4 is 0 Å². The highest BCUT2D eigenvalue weighted by atomic mass is 16.4. The smallest absolute Gasteiger partial charge is 0.257 e. The third kappa shape index (κ3) is 4.18. The van der Waals surface area contributed by atoms with Gasteiger partial charge in [-0.2, -0.15) is 0 Å². The zero-order chi connectivity index (χ0) is 18.9. The lowest BCUT2D eigenvalue weighted by Crippen LogP contribution is -2.35. The average molecular weight is 359 g/mol. The van der Waals surface area contributed by atoms with E-state index in [0.717, 1.165) is 43.5 Å². The van der Waals surface area contributed by atoms with Gasteiger partial charge in [-0.1, -0.05) is 20.8 Å². The third-order valence-electron chi connectivity index (χ3n) is 4.80. The van der Waals surface area contributed by atoms with Gasteiger partial charge in [-0.05, 0) is 26.3 Å². The van der Waals surface area contributed by atoms with Gasteiger partial charge < -0.3 is 13.7 Å². The summed E-state index contributed by atoms with van der Waals surface area (Å²) in [6.07, 6.45) is 2.77. The predicted octanol–water partition coefficient (Wildman–Crippen LogP) is 3.53. The Kier molecular flexibility index (Phi) is 5.23. The van der Waals surface area contributed by atoms with E-state index in [9.17, 15) is 4.79 Å². The predicted molar refractivity (Wildman–Crippen MR) is 99.2 cm³/mol. The molecule has 0 aromatic carbocycles. The average Bonchev–Trinajstić information content (AvgIpc) is 3.07. The number of amides is 1. The van der Waals surface area contributed by atoms with Crippen molar-refractivity contribution >= 4 is 5.91 Å². The lowest BCUT2D eigenvalue weighted by Gasteiger charge is -2.21. The van der Waals surface area contributed by atoms with E-state index in [1.54, 1.807) is 0 Å². The van der Waals surface area contributed by atoms with Crippen LogP contribution in [0.3, 0.4) is 0 Å². The van der Waals surface area contributed by atoms with Crippen LogP contribution in [-0.2, 0) is 12.0 Å². The molecule has 2 aromatic rings. The lowest BCUT2D eigenvalue weighted by molar-refractivity contribution is 0.0759. The van der Waals surface area contributed by atoms with E-state index in [1.165, 1.54) is 0 Å². The summed E-state index contributed by atoms with van der Waals surface area (Å²) in [7, 11) is 0. The molecule has 6 heteroatoms. The molecule has 0 atom stereocenters. The monoisotopic (exact) mass is 359 g/mol. The van der Waals surface area contributed by atoms with Crippen LogP contribution in [0.15, 0.2) is 21.1 Å². The highest BCUT2D eigenvalue weighted by Gasteiger charge is 2.25. The molecule has 0 N–H and O–H groups in total. The van der Waals surface area contributed by atoms with Crippen molar-refractivity contribution < 1.29 is 13.6 Å². The molecule has 1 aliphatic heterocycles. The van der Waals surface area contributed by atoms with Gasteiger partial charge >= 0.3 is 0 Å². The molecule has 26 heavy (non-hydrogen) atoms. The maximum Gasteiger partial charge on any atom is 0.257 e. The molecule has 0 saturated carbocycles. The first-order valence-electron chi connectivity index (χ1n) is 9.28. The van der Waals surface area contributed by atoms with E-state index >= 15 is 0 Å². The number of hydrogen-bond donors (Lipinski definition) is 0. The molecular weight excluding hydrogens is 330 g/mol. The molecule has 1 saturated heterocycles. The zero-order valence-electron chi connectivity index (χ0n) is 16.5. The molecule has 1 aliphatic rings. The molecule has 1 amide bonds. The number of rotatable bonds is 3. The Balaban J connectivity index is 1.60. The number of nitrogens with zero attached hydrogens (tertiary/aromatic N) is 3. The van der Waals surface area contributed by atoms with Gasteiger partial charge in [0.25, 0.3) is 5.91 Å². The number of aromatic nitrogens is 1. The van der Waals surface area contributed by atoms with Gasteiger partial charge in [0.05, 0.1) is 18.3 Å². The summed E-state index contributed by atoms with van der Waals surface area (Å²) in [5.74, 6) is 3.19. The van der Waals surface area contributed by atoms with E-state index in [0.29, 0.717) is 24.4 Å². The summed E-state index contributed by atoms with van der Waals surface area (Å²) >= 11 is 0. The second-order valence-electron chi connectivity index (χ2n) is 8.12. The molecule has 0 spiro atoms. The second kappa shape index (κ2) is 7.27. The van der Waals surface area contributed by atoms with Gasteiger partial charge in [-0.25, -0.2) is 4.98 Å². The van der Waals surface area contributed by atoms with Crippen LogP contribution >= 0.6 is 0 Å². The van der Waals surface area contributed by atoms with Crippen LogP contribution in [0.4, 0.5) is 0 Å². The van der Waals surface area contributed by atoms with Crippen LogP contribution in [0, 0.1) is 13.8 Å². The van der Waals surface area contributed by atoms with Gasteiger partial charge in [0.1, 0.15) is 17.3 Å². The van der Waals surface area contributed by atoms with E-state index in [2.05, 4.69) is 30.7 Å². The summed E-state index contributed by atoms with van der Waals surface area (Å²) < 4.78 is 11.4. The van der Waals surface area contributed by atoms with E-state index in [-0.39, 0.29) is 11.3 Å². The van der Waals surface area contributed by atoms with Crippen molar-refractivity contribution in [1.82, 2.24) is 14.8 Å². The van der Waals surface area contributed by atoms with Crippen molar-refractivity contribution in [2.45, 2.75) is 53.0 Å². The quantitative estimate of drug-likeness (QED) is 0.839. The highest BCUT2D eigenvalue weighted by molar-refractivity contribution is 5.95. The standard InChI is InChI=1S/C20H29N3O3/c1-14-11-16(15(2)25-14)19(24)23-8-6-7-22(9-10-23)13-18-21-12-17(26-18)20(3,4)5/h11-12H,6-10,13H2,1-5H3. The first kappa shape index (κ1) is 18.7.